The van der Waals surface area contributed by atoms with E-state index in [1.807, 2.05) is 31.2 Å². The molecule has 8 nitrogen and oxygen atoms in total. The van der Waals surface area contributed by atoms with Gasteiger partial charge in [-0.05, 0) is 65.3 Å². The molecule has 35 heavy (non-hydrogen) atoms. The summed E-state index contributed by atoms with van der Waals surface area (Å²) in [5.74, 6) is 1.60. The Morgan fingerprint density at radius 2 is 1.80 bits per heavy atom. The largest absolute Gasteiger partial charge is 0.396 e. The van der Waals surface area contributed by atoms with Crippen LogP contribution in [0.1, 0.15) is 41.6 Å². The van der Waals surface area contributed by atoms with Crippen LogP contribution in [0.15, 0.2) is 48.5 Å². The van der Waals surface area contributed by atoms with Crippen LogP contribution in [0, 0.1) is 6.92 Å². The lowest BCUT2D eigenvalue weighted by atomic mass is 9.96. The molecule has 3 heterocycles. The van der Waals surface area contributed by atoms with E-state index >= 15 is 0 Å². The highest BCUT2D eigenvalue weighted by atomic mass is 16.3. The van der Waals surface area contributed by atoms with Gasteiger partial charge in [0.2, 0.25) is 5.82 Å². The number of benzene rings is 2. The van der Waals surface area contributed by atoms with E-state index < -0.39 is 0 Å². The molecule has 0 saturated carbocycles. The lowest BCUT2D eigenvalue weighted by molar-refractivity contribution is 0.298. The Bertz CT molecular complexity index is 1440. The number of H-pyrrole nitrogens is 2. The Morgan fingerprint density at radius 3 is 2.57 bits per heavy atom. The van der Waals surface area contributed by atoms with E-state index in [0.29, 0.717) is 12.2 Å². The molecule has 3 N–H and O–H groups in total. The first-order chi connectivity index (χ1) is 17.2. The minimum absolute atomic E-state index is 0.128. The van der Waals surface area contributed by atoms with Crippen LogP contribution in [0.4, 0.5) is 0 Å². The second-order valence-electron chi connectivity index (χ2n) is 8.76. The van der Waals surface area contributed by atoms with Gasteiger partial charge in [-0.3, -0.25) is 0 Å². The number of aromatic amines is 2. The maximum atomic E-state index is 8.87. The lowest BCUT2D eigenvalue weighted by Gasteiger charge is -2.08. The Hall–Kier alpha value is -3.91. The van der Waals surface area contributed by atoms with Gasteiger partial charge in [-0.25, -0.2) is 9.97 Å². The second-order valence-corrected chi connectivity index (χ2v) is 8.76. The van der Waals surface area contributed by atoms with E-state index in [9.17, 15) is 0 Å². The highest BCUT2D eigenvalue weighted by Gasteiger charge is 2.15. The van der Waals surface area contributed by atoms with Crippen LogP contribution in [0.3, 0.4) is 0 Å². The fourth-order valence-corrected chi connectivity index (χ4v) is 4.61. The molecule has 0 unspecified atom stereocenters. The van der Waals surface area contributed by atoms with Gasteiger partial charge in [0.25, 0.3) is 0 Å². The number of rotatable bonds is 5. The smallest absolute Gasteiger partial charge is 0.205 e. The summed E-state index contributed by atoms with van der Waals surface area (Å²) in [5.41, 5.74) is 10.2. The molecule has 0 bridgehead atoms. The van der Waals surface area contributed by atoms with Crippen LogP contribution in [0.2, 0.25) is 0 Å². The fourth-order valence-electron chi connectivity index (χ4n) is 4.61. The number of nitrogens with one attached hydrogen (secondary N) is 2. The van der Waals surface area contributed by atoms with Crippen LogP contribution >= 0.6 is 0 Å². The van der Waals surface area contributed by atoms with Crippen molar-refractivity contribution in [3.63, 3.8) is 0 Å². The minimum atomic E-state index is 0.128. The molecule has 0 radical (unpaired) electrons. The Morgan fingerprint density at radius 1 is 0.971 bits per heavy atom. The quantitative estimate of drug-likeness (QED) is 0.353. The number of aryl methyl sites for hydroxylation is 4. The van der Waals surface area contributed by atoms with Crippen LogP contribution in [-0.2, 0) is 25.7 Å². The summed E-state index contributed by atoms with van der Waals surface area (Å²) in [6.07, 6.45) is 5.14. The first kappa shape index (κ1) is 22.9. The topological polar surface area (TPSA) is 116 Å². The molecule has 178 valence electrons. The van der Waals surface area contributed by atoms with Crippen LogP contribution in [0.5, 0.6) is 0 Å². The molecule has 6 rings (SSSR count). The van der Waals surface area contributed by atoms with Crippen molar-refractivity contribution in [1.29, 1.82) is 0 Å². The predicted molar refractivity (Wildman–Crippen MR) is 136 cm³/mol. The number of aliphatic hydroxyl groups excluding tert-OH is 1. The van der Waals surface area contributed by atoms with Crippen LogP contribution in [0.25, 0.3) is 33.7 Å². The zero-order valence-electron chi connectivity index (χ0n) is 20.0. The summed E-state index contributed by atoms with van der Waals surface area (Å²) in [7, 11) is 0. The summed E-state index contributed by atoms with van der Waals surface area (Å²) < 4.78 is 0. The monoisotopic (exact) mass is 467 g/mol. The van der Waals surface area contributed by atoms with E-state index in [0.717, 1.165) is 45.8 Å². The van der Waals surface area contributed by atoms with Gasteiger partial charge < -0.3 is 10.1 Å². The molecular weight excluding hydrogens is 438 g/mol. The van der Waals surface area contributed by atoms with Crippen molar-refractivity contribution in [3.05, 3.63) is 76.7 Å². The van der Waals surface area contributed by atoms with Gasteiger partial charge in [0, 0.05) is 30.7 Å². The first-order valence-electron chi connectivity index (χ1n) is 12.1. The molecule has 8 heteroatoms. The summed E-state index contributed by atoms with van der Waals surface area (Å²) in [6.45, 7) is 4.22. The third-order valence-electron chi connectivity index (χ3n) is 6.39. The fraction of sp³-hybridized carbons (Fsp3) is 0.296. The highest BCUT2D eigenvalue weighted by molar-refractivity contribution is 5.80. The average Bonchev–Trinajstić information content (AvgIpc) is 3.65. The van der Waals surface area contributed by atoms with Crippen molar-refractivity contribution in [1.82, 2.24) is 35.6 Å². The van der Waals surface area contributed by atoms with Crippen molar-refractivity contribution < 1.29 is 5.11 Å². The molecule has 2 aromatic carbocycles. The van der Waals surface area contributed by atoms with Crippen LogP contribution in [-0.4, -0.2) is 47.3 Å². The molecule has 0 aliphatic heterocycles. The zero-order chi connectivity index (χ0) is 24.2. The Kier molecular flexibility index (Phi) is 6.63. The van der Waals surface area contributed by atoms with Crippen molar-refractivity contribution >= 4 is 11.2 Å². The second kappa shape index (κ2) is 10.1. The Balaban J connectivity index is 0.000000152. The molecule has 5 aromatic rings. The molecule has 0 atom stereocenters. The minimum Gasteiger partial charge on any atom is -0.396 e. The number of hydrogen-bond acceptors (Lipinski definition) is 6. The van der Waals surface area contributed by atoms with Crippen molar-refractivity contribution in [2.75, 3.05) is 6.61 Å². The third kappa shape index (κ3) is 4.83. The number of imidazole rings is 1. The van der Waals surface area contributed by atoms with Crippen molar-refractivity contribution in [3.8, 4) is 22.5 Å². The zero-order valence-corrected chi connectivity index (χ0v) is 20.0. The number of tetrazole rings is 1. The molecule has 1 aliphatic carbocycles. The van der Waals surface area contributed by atoms with E-state index in [1.54, 1.807) is 0 Å². The maximum absolute atomic E-state index is 8.87. The number of aliphatic hydroxyl groups is 1. The summed E-state index contributed by atoms with van der Waals surface area (Å²) in [5, 5.41) is 23.2. The third-order valence-corrected chi connectivity index (χ3v) is 6.39. The van der Waals surface area contributed by atoms with Crippen LogP contribution < -0.4 is 0 Å². The number of aromatic nitrogens is 7. The van der Waals surface area contributed by atoms with E-state index in [1.165, 1.54) is 36.0 Å². The van der Waals surface area contributed by atoms with Gasteiger partial charge in [0.1, 0.15) is 5.82 Å². The average molecular weight is 468 g/mol. The van der Waals surface area contributed by atoms with Crippen molar-refractivity contribution in [2.24, 2.45) is 0 Å². The molecule has 0 fully saturated rings. The van der Waals surface area contributed by atoms with Gasteiger partial charge >= 0.3 is 0 Å². The molecule has 0 saturated heterocycles. The van der Waals surface area contributed by atoms with Gasteiger partial charge in [0.05, 0.1) is 5.52 Å². The van der Waals surface area contributed by atoms with Gasteiger partial charge in [-0.1, -0.05) is 49.4 Å². The van der Waals surface area contributed by atoms with E-state index in [2.05, 4.69) is 66.8 Å². The SMILES string of the molecule is CCc1nc2nc(CCO)cc(C)c2[nH]1.c1ccc(-c2nn[nH]n2)c(-c2ccc3c(c2)CCC3)c1. The number of fused-ring (bicyclic) bond motifs is 2. The van der Waals surface area contributed by atoms with Crippen molar-refractivity contribution in [2.45, 2.75) is 46.0 Å². The van der Waals surface area contributed by atoms with E-state index in [-0.39, 0.29) is 6.61 Å². The standard InChI is InChI=1S/C16H14N4.C11H15N3O/c1-2-7-15(16-17-19-20-18-16)14(6-1)13-9-8-11-4-3-5-12(11)10-13;1-3-9-13-10-7(2)6-8(4-5-15)12-11(10)14-9/h1-2,6-10H,3-5H2,(H,17,18,19,20);6,15H,3-5H2,1-2H3,(H,12,13,14). The summed E-state index contributed by atoms with van der Waals surface area (Å²) in [6, 6.07) is 17.0. The highest BCUT2D eigenvalue weighted by Crippen LogP contribution is 2.33. The lowest BCUT2D eigenvalue weighted by Crippen LogP contribution is -1.96. The molecular formula is C27H29N7O. The number of pyridine rings is 1. The number of nitrogens with zero attached hydrogens (tertiary/aromatic N) is 5. The molecule has 1 aliphatic rings. The van der Waals surface area contributed by atoms with Gasteiger partial charge in [0.15, 0.2) is 5.65 Å². The number of hydrogen-bond donors (Lipinski definition) is 3. The Labute approximate surface area is 203 Å². The molecule has 0 spiro atoms. The van der Waals surface area contributed by atoms with Gasteiger partial charge in [-0.15, -0.1) is 10.2 Å². The first-order valence-corrected chi connectivity index (χ1v) is 12.1. The normalized spacial score (nSPS) is 12.4. The summed E-state index contributed by atoms with van der Waals surface area (Å²) >= 11 is 0. The van der Waals surface area contributed by atoms with Gasteiger partial charge in [-0.2, -0.15) is 5.21 Å². The predicted octanol–water partition coefficient (Wildman–Crippen LogP) is 4.39. The molecule has 3 aromatic heterocycles. The summed E-state index contributed by atoms with van der Waals surface area (Å²) in [4.78, 5) is 12.0. The molecule has 0 amide bonds. The van der Waals surface area contributed by atoms with E-state index in [4.69, 9.17) is 5.11 Å². The maximum Gasteiger partial charge on any atom is 0.205 e.